The predicted molar refractivity (Wildman–Crippen MR) is 133 cm³/mol. The summed E-state index contributed by atoms with van der Waals surface area (Å²) in [4.78, 5) is 44.6. The van der Waals surface area contributed by atoms with Gasteiger partial charge in [0.25, 0.3) is 5.91 Å². The molecule has 1 aliphatic rings. The molecule has 0 unspecified atom stereocenters. The van der Waals surface area contributed by atoms with Gasteiger partial charge in [-0.25, -0.2) is 4.79 Å². The van der Waals surface area contributed by atoms with Gasteiger partial charge in [0.2, 0.25) is 5.91 Å². The van der Waals surface area contributed by atoms with Crippen molar-refractivity contribution in [1.29, 1.82) is 0 Å². The molecule has 10 nitrogen and oxygen atoms in total. The second kappa shape index (κ2) is 11.6. The standard InChI is InChI=1S/C25H25F3N6O4/c1-3-30-12-16(11-29)21(35)34-24(8-9-24)23(37)32-13-17-5-6-18(14-31-17)33-20-7-4-15(22(36)38-2)10-19(20)25(26,27)28/h3-7,10-12,14,33H,1,8-9,13,29H2,2H3,(H,32,37)(H,34,35)/b16-11+,30-12?. The number of benzene rings is 1. The number of amides is 2. The highest BCUT2D eigenvalue weighted by atomic mass is 19.4. The van der Waals surface area contributed by atoms with Crippen molar-refractivity contribution in [2.45, 2.75) is 31.1 Å². The fraction of sp³-hybridized carbons (Fsp3) is 0.240. The van der Waals surface area contributed by atoms with Crippen LogP contribution in [0.3, 0.4) is 0 Å². The van der Waals surface area contributed by atoms with Crippen LogP contribution in [0.4, 0.5) is 24.5 Å². The van der Waals surface area contributed by atoms with E-state index in [1.807, 2.05) is 0 Å². The van der Waals surface area contributed by atoms with Crippen LogP contribution >= 0.6 is 0 Å². The smallest absolute Gasteiger partial charge is 0.418 e. The number of nitrogens with one attached hydrogen (secondary N) is 3. The number of carbonyl (C=O) groups is 3. The Morgan fingerprint density at radius 1 is 1.24 bits per heavy atom. The number of carbonyl (C=O) groups excluding carboxylic acids is 3. The molecule has 1 aromatic carbocycles. The molecule has 0 bridgehead atoms. The molecule has 5 N–H and O–H groups in total. The average Bonchev–Trinajstić information content (AvgIpc) is 3.68. The summed E-state index contributed by atoms with van der Waals surface area (Å²) in [5, 5.41) is 7.99. The van der Waals surface area contributed by atoms with Crippen molar-refractivity contribution in [3.63, 3.8) is 0 Å². The van der Waals surface area contributed by atoms with Gasteiger partial charge >= 0.3 is 12.1 Å². The molecule has 13 heteroatoms. The molecule has 2 amide bonds. The molecule has 200 valence electrons. The minimum absolute atomic E-state index is 0.0237. The molecule has 38 heavy (non-hydrogen) atoms. The van der Waals surface area contributed by atoms with Gasteiger partial charge in [-0.05, 0) is 43.2 Å². The molecule has 0 atom stereocenters. The lowest BCUT2D eigenvalue weighted by Crippen LogP contribution is -2.49. The van der Waals surface area contributed by atoms with E-state index >= 15 is 0 Å². The normalized spacial score (nSPS) is 14.5. The second-order valence-corrected chi connectivity index (χ2v) is 8.21. The Labute approximate surface area is 215 Å². The van der Waals surface area contributed by atoms with Crippen molar-refractivity contribution in [3.8, 4) is 0 Å². The number of halogens is 3. The monoisotopic (exact) mass is 530 g/mol. The summed E-state index contributed by atoms with van der Waals surface area (Å²) >= 11 is 0. The van der Waals surface area contributed by atoms with Crippen LogP contribution in [0.15, 0.2) is 66.1 Å². The molecule has 1 aliphatic carbocycles. The third-order valence-electron chi connectivity index (χ3n) is 5.58. The summed E-state index contributed by atoms with van der Waals surface area (Å²) in [6.07, 6.45) is 0.989. The van der Waals surface area contributed by atoms with E-state index in [2.05, 4.69) is 37.2 Å². The quantitative estimate of drug-likeness (QED) is 0.210. The van der Waals surface area contributed by atoms with Crippen molar-refractivity contribution in [3.05, 3.63) is 77.9 Å². The first-order chi connectivity index (χ1) is 18.0. The van der Waals surface area contributed by atoms with E-state index in [0.717, 1.165) is 19.4 Å². The lowest BCUT2D eigenvalue weighted by atomic mass is 10.1. The molecule has 1 heterocycles. The summed E-state index contributed by atoms with van der Waals surface area (Å²) in [6.45, 7) is 3.44. The highest BCUT2D eigenvalue weighted by Crippen LogP contribution is 2.37. The lowest BCUT2D eigenvalue weighted by Gasteiger charge is -2.17. The van der Waals surface area contributed by atoms with Gasteiger partial charge in [0, 0.05) is 18.6 Å². The molecule has 1 saturated carbocycles. The van der Waals surface area contributed by atoms with Crippen LogP contribution in [0.5, 0.6) is 0 Å². The van der Waals surface area contributed by atoms with Gasteiger partial charge in [0.15, 0.2) is 0 Å². The van der Waals surface area contributed by atoms with Gasteiger partial charge in [0.05, 0.1) is 53.6 Å². The number of nitrogens with two attached hydrogens (primary N) is 1. The van der Waals surface area contributed by atoms with Crippen LogP contribution < -0.4 is 21.7 Å². The van der Waals surface area contributed by atoms with E-state index < -0.39 is 35.1 Å². The Morgan fingerprint density at radius 3 is 2.53 bits per heavy atom. The zero-order chi connectivity index (χ0) is 27.9. The number of aromatic nitrogens is 1. The molecular formula is C25H25F3N6O4. The summed E-state index contributed by atoms with van der Waals surface area (Å²) < 4.78 is 45.1. The minimum atomic E-state index is -4.72. The predicted octanol–water partition coefficient (Wildman–Crippen LogP) is 2.95. The van der Waals surface area contributed by atoms with Crippen molar-refractivity contribution in [1.82, 2.24) is 15.6 Å². The number of methoxy groups -OCH3 is 1. The molecule has 3 rings (SSSR count). The number of hydrogen-bond donors (Lipinski definition) is 4. The number of pyridine rings is 1. The van der Waals surface area contributed by atoms with Crippen molar-refractivity contribution in [2.24, 2.45) is 10.7 Å². The molecule has 0 radical (unpaired) electrons. The zero-order valence-electron chi connectivity index (χ0n) is 20.3. The number of ether oxygens (including phenoxy) is 1. The van der Waals surface area contributed by atoms with Crippen LogP contribution in [0.1, 0.15) is 34.5 Å². The number of anilines is 2. The fourth-order valence-corrected chi connectivity index (χ4v) is 3.36. The van der Waals surface area contributed by atoms with E-state index in [0.29, 0.717) is 24.6 Å². The van der Waals surface area contributed by atoms with Gasteiger partial charge in [-0.2, -0.15) is 13.2 Å². The Kier molecular flexibility index (Phi) is 8.50. The Morgan fingerprint density at radius 2 is 1.97 bits per heavy atom. The summed E-state index contributed by atoms with van der Waals surface area (Å²) in [7, 11) is 1.08. The number of aliphatic imine (C=N–C) groups is 1. The first-order valence-corrected chi connectivity index (χ1v) is 11.2. The highest BCUT2D eigenvalue weighted by molar-refractivity contribution is 6.13. The molecule has 1 fully saturated rings. The number of esters is 1. The molecule has 0 aliphatic heterocycles. The van der Waals surface area contributed by atoms with E-state index in [-0.39, 0.29) is 29.1 Å². The van der Waals surface area contributed by atoms with E-state index in [4.69, 9.17) is 5.73 Å². The highest BCUT2D eigenvalue weighted by Gasteiger charge is 2.51. The molecule has 0 spiro atoms. The third kappa shape index (κ3) is 6.75. The maximum atomic E-state index is 13.5. The van der Waals surface area contributed by atoms with Crippen LogP contribution in [-0.2, 0) is 27.0 Å². The van der Waals surface area contributed by atoms with Crippen LogP contribution in [0, 0.1) is 0 Å². The first kappa shape index (κ1) is 27.9. The van der Waals surface area contributed by atoms with Crippen molar-refractivity contribution in [2.75, 3.05) is 12.4 Å². The van der Waals surface area contributed by atoms with E-state index in [9.17, 15) is 27.6 Å². The number of alkyl halides is 3. The van der Waals surface area contributed by atoms with Crippen molar-refractivity contribution >= 4 is 35.4 Å². The minimum Gasteiger partial charge on any atom is -0.465 e. The van der Waals surface area contributed by atoms with Crippen LogP contribution in [0.2, 0.25) is 0 Å². The van der Waals surface area contributed by atoms with Gasteiger partial charge in [0.1, 0.15) is 5.54 Å². The van der Waals surface area contributed by atoms with Gasteiger partial charge in [-0.15, -0.1) is 0 Å². The van der Waals surface area contributed by atoms with Gasteiger partial charge in [-0.1, -0.05) is 6.58 Å². The van der Waals surface area contributed by atoms with E-state index in [1.165, 1.54) is 36.8 Å². The van der Waals surface area contributed by atoms with Crippen LogP contribution in [0.25, 0.3) is 0 Å². The second-order valence-electron chi connectivity index (χ2n) is 8.21. The molecular weight excluding hydrogens is 505 g/mol. The van der Waals surface area contributed by atoms with E-state index in [1.54, 1.807) is 0 Å². The molecule has 2 aromatic rings. The first-order valence-electron chi connectivity index (χ1n) is 11.2. The largest absolute Gasteiger partial charge is 0.465 e. The molecule has 0 saturated heterocycles. The van der Waals surface area contributed by atoms with Crippen LogP contribution in [-0.4, -0.2) is 41.6 Å². The Balaban J connectivity index is 1.63. The molecule has 1 aromatic heterocycles. The zero-order valence-corrected chi connectivity index (χ0v) is 20.3. The number of nitrogens with zero attached hydrogens (tertiary/aromatic N) is 2. The van der Waals surface area contributed by atoms with Gasteiger partial charge in [-0.3, -0.25) is 19.6 Å². The summed E-state index contributed by atoms with van der Waals surface area (Å²) in [5.41, 5.74) is 3.58. The lowest BCUT2D eigenvalue weighted by molar-refractivity contribution is -0.137. The topological polar surface area (TPSA) is 148 Å². The Bertz CT molecular complexity index is 1280. The SMILES string of the molecule is C=CN=C/C(=C\N)C(=O)NC1(C(=O)NCc2ccc(Nc3ccc(C(=O)OC)cc3C(F)(F)F)cn2)CC1. The summed E-state index contributed by atoms with van der Waals surface area (Å²) in [6, 6.07) is 6.07. The third-order valence-corrected chi connectivity index (χ3v) is 5.58. The maximum absolute atomic E-state index is 13.5. The van der Waals surface area contributed by atoms with Gasteiger partial charge < -0.3 is 26.4 Å². The average molecular weight is 531 g/mol. The number of hydrogen-bond acceptors (Lipinski definition) is 8. The summed E-state index contributed by atoms with van der Waals surface area (Å²) in [5.74, 6) is -1.86. The fourth-order valence-electron chi connectivity index (χ4n) is 3.36. The Hall–Kier alpha value is -4.68. The maximum Gasteiger partial charge on any atom is 0.418 e. The number of rotatable bonds is 10. The van der Waals surface area contributed by atoms with Crippen molar-refractivity contribution < 1.29 is 32.3 Å².